The summed E-state index contributed by atoms with van der Waals surface area (Å²) in [5, 5.41) is -0.506. The monoisotopic (exact) mass is 412 g/mol. The fourth-order valence-corrected chi connectivity index (χ4v) is 6.35. The predicted octanol–water partition coefficient (Wildman–Crippen LogP) is 8.42. The second kappa shape index (κ2) is 8.78. The molecular formula is C27H22ClP. The highest BCUT2D eigenvalue weighted by Crippen LogP contribution is 2.68. The molecule has 0 spiro atoms. The molecular weight excluding hydrogens is 391 g/mol. The van der Waals surface area contributed by atoms with Crippen molar-refractivity contribution in [3.63, 3.8) is 0 Å². The molecule has 1 unspecified atom stereocenters. The summed E-state index contributed by atoms with van der Waals surface area (Å²) in [5.41, 5.74) is 5.93. The second-order valence-corrected chi connectivity index (χ2v) is 9.60. The van der Waals surface area contributed by atoms with E-state index in [0.717, 1.165) is 0 Å². The fourth-order valence-electron chi connectivity index (χ4n) is 4.00. The maximum atomic E-state index is 7.20. The first kappa shape index (κ1) is 19.6. The Morgan fingerprint density at radius 2 is 1.07 bits per heavy atom. The molecule has 0 nitrogen and oxygen atoms in total. The van der Waals surface area contributed by atoms with Gasteiger partial charge in [-0.3, -0.25) is 0 Å². The number of hydrogen-bond donors (Lipinski definition) is 0. The van der Waals surface area contributed by atoms with Gasteiger partial charge < -0.3 is 0 Å². The van der Waals surface area contributed by atoms with E-state index in [-0.39, 0.29) is 0 Å². The highest BCUT2D eigenvalue weighted by atomic mass is 35.7. The second-order valence-electron chi connectivity index (χ2n) is 6.85. The van der Waals surface area contributed by atoms with Gasteiger partial charge in [0.25, 0.3) is 0 Å². The Bertz CT molecular complexity index is 1040. The van der Waals surface area contributed by atoms with Gasteiger partial charge in [-0.05, 0) is 27.8 Å². The topological polar surface area (TPSA) is 0 Å². The van der Waals surface area contributed by atoms with Crippen LogP contribution < -0.4 is 0 Å². The SMILES string of the molecule is C=CP(Cl)C(c1ccccc1)(c1ccccc1)c1ccccc1-c1ccccc1. The first-order valence-corrected chi connectivity index (χ1v) is 11.9. The Morgan fingerprint density at radius 3 is 1.59 bits per heavy atom. The van der Waals surface area contributed by atoms with Gasteiger partial charge in [0.05, 0.1) is 5.16 Å². The van der Waals surface area contributed by atoms with Gasteiger partial charge in [0.2, 0.25) is 0 Å². The van der Waals surface area contributed by atoms with Crippen LogP contribution in [0.4, 0.5) is 0 Å². The largest absolute Gasteiger partial charge is 0.0974 e. The van der Waals surface area contributed by atoms with Crippen molar-refractivity contribution in [2.45, 2.75) is 5.16 Å². The Hall–Kier alpha value is -2.66. The van der Waals surface area contributed by atoms with Gasteiger partial charge in [0.15, 0.2) is 0 Å². The normalized spacial score (nSPS) is 12.3. The molecule has 0 saturated carbocycles. The number of rotatable bonds is 6. The lowest BCUT2D eigenvalue weighted by Crippen LogP contribution is -2.26. The highest BCUT2D eigenvalue weighted by molar-refractivity contribution is 7.87. The van der Waals surface area contributed by atoms with E-state index in [9.17, 15) is 0 Å². The minimum atomic E-state index is -1.13. The van der Waals surface area contributed by atoms with E-state index in [4.69, 9.17) is 11.2 Å². The summed E-state index contributed by atoms with van der Waals surface area (Å²) in [4.78, 5) is 0. The number of benzene rings is 4. The molecule has 0 fully saturated rings. The molecule has 29 heavy (non-hydrogen) atoms. The van der Waals surface area contributed by atoms with Crippen molar-refractivity contribution in [1.29, 1.82) is 0 Å². The van der Waals surface area contributed by atoms with Gasteiger partial charge in [-0.2, -0.15) is 0 Å². The summed E-state index contributed by atoms with van der Waals surface area (Å²) >= 11 is 7.20. The molecule has 0 bridgehead atoms. The van der Waals surface area contributed by atoms with Crippen molar-refractivity contribution >= 4 is 18.5 Å². The molecule has 0 radical (unpaired) electrons. The quantitative estimate of drug-likeness (QED) is 0.220. The van der Waals surface area contributed by atoms with Crippen LogP contribution >= 0.6 is 18.5 Å². The van der Waals surface area contributed by atoms with Gasteiger partial charge in [-0.1, -0.05) is 139 Å². The molecule has 1 atom stereocenters. The standard InChI is InChI=1S/C27H22ClP/c1-2-29(28)27(23-16-8-4-9-17-23,24-18-10-5-11-19-24)26-21-13-12-20-25(26)22-14-6-3-7-15-22/h2-21H,1H2. The molecule has 0 heterocycles. The van der Waals surface area contributed by atoms with Crippen molar-refractivity contribution in [2.75, 3.05) is 0 Å². The highest BCUT2D eigenvalue weighted by Gasteiger charge is 2.43. The van der Waals surface area contributed by atoms with E-state index in [1.807, 2.05) is 24.0 Å². The minimum absolute atomic E-state index is 0.506. The maximum Gasteiger partial charge on any atom is 0.0831 e. The molecule has 2 heteroatoms. The van der Waals surface area contributed by atoms with E-state index in [1.54, 1.807) is 0 Å². The van der Waals surface area contributed by atoms with Gasteiger partial charge >= 0.3 is 0 Å². The van der Waals surface area contributed by atoms with Crippen LogP contribution in [0.5, 0.6) is 0 Å². The molecule has 142 valence electrons. The Morgan fingerprint density at radius 1 is 0.621 bits per heavy atom. The van der Waals surface area contributed by atoms with Crippen LogP contribution in [-0.2, 0) is 5.16 Å². The predicted molar refractivity (Wildman–Crippen MR) is 128 cm³/mol. The van der Waals surface area contributed by atoms with E-state index in [2.05, 4.69) is 104 Å². The fraction of sp³-hybridized carbons (Fsp3) is 0.0370. The third-order valence-corrected chi connectivity index (χ3v) is 8.16. The van der Waals surface area contributed by atoms with E-state index in [1.165, 1.54) is 27.8 Å². The van der Waals surface area contributed by atoms with Crippen molar-refractivity contribution in [2.24, 2.45) is 0 Å². The summed E-state index contributed by atoms with van der Waals surface area (Å²) < 4.78 is 0. The molecule has 4 aromatic rings. The van der Waals surface area contributed by atoms with Crippen LogP contribution in [0, 0.1) is 0 Å². The molecule has 0 aliphatic rings. The number of hydrogen-bond acceptors (Lipinski definition) is 0. The Labute approximate surface area is 179 Å². The van der Waals surface area contributed by atoms with E-state index < -0.39 is 12.4 Å². The summed E-state index contributed by atoms with van der Waals surface area (Å²) in [6.45, 7) is 4.10. The summed E-state index contributed by atoms with van der Waals surface area (Å²) in [5.74, 6) is 1.92. The van der Waals surface area contributed by atoms with E-state index in [0.29, 0.717) is 0 Å². The molecule has 0 amide bonds. The first-order valence-electron chi connectivity index (χ1n) is 9.62. The summed E-state index contributed by atoms with van der Waals surface area (Å²) in [6, 6.07) is 40.3. The Balaban J connectivity index is 2.12. The van der Waals surface area contributed by atoms with Crippen LogP contribution in [0.2, 0.25) is 0 Å². The van der Waals surface area contributed by atoms with Crippen LogP contribution in [0.25, 0.3) is 11.1 Å². The molecule has 0 saturated heterocycles. The third-order valence-electron chi connectivity index (χ3n) is 5.27. The molecule has 4 aromatic carbocycles. The lowest BCUT2D eigenvalue weighted by Gasteiger charge is -2.39. The van der Waals surface area contributed by atoms with Crippen LogP contribution in [0.3, 0.4) is 0 Å². The lowest BCUT2D eigenvalue weighted by molar-refractivity contribution is 0.890. The molecule has 0 aliphatic carbocycles. The smallest absolute Gasteiger partial charge is 0.0831 e. The zero-order chi connectivity index (χ0) is 20.1. The molecule has 4 rings (SSSR count). The Kier molecular flexibility index (Phi) is 5.95. The van der Waals surface area contributed by atoms with Crippen LogP contribution in [0.15, 0.2) is 128 Å². The minimum Gasteiger partial charge on any atom is -0.0974 e. The van der Waals surface area contributed by atoms with E-state index >= 15 is 0 Å². The third kappa shape index (κ3) is 3.55. The molecule has 0 aromatic heterocycles. The summed E-state index contributed by atoms with van der Waals surface area (Å²) in [6.07, 6.45) is 0. The zero-order valence-corrected chi connectivity index (χ0v) is 17.7. The molecule has 0 aliphatic heterocycles. The zero-order valence-electron chi connectivity index (χ0n) is 16.1. The number of halogens is 1. The van der Waals surface area contributed by atoms with Crippen molar-refractivity contribution in [3.8, 4) is 11.1 Å². The van der Waals surface area contributed by atoms with Gasteiger partial charge in [-0.15, -0.1) is 0 Å². The van der Waals surface area contributed by atoms with Crippen molar-refractivity contribution < 1.29 is 0 Å². The van der Waals surface area contributed by atoms with Crippen molar-refractivity contribution in [1.82, 2.24) is 0 Å². The maximum absolute atomic E-state index is 7.20. The average molecular weight is 413 g/mol. The summed E-state index contributed by atoms with van der Waals surface area (Å²) in [7, 11) is -1.13. The van der Waals surface area contributed by atoms with Crippen molar-refractivity contribution in [3.05, 3.63) is 144 Å². The van der Waals surface area contributed by atoms with Gasteiger partial charge in [-0.25, -0.2) is 0 Å². The van der Waals surface area contributed by atoms with Gasteiger partial charge in [0, 0.05) is 7.27 Å². The first-order chi connectivity index (χ1) is 14.3. The molecule has 0 N–H and O–H groups in total. The van der Waals surface area contributed by atoms with Gasteiger partial charge in [0.1, 0.15) is 0 Å². The van der Waals surface area contributed by atoms with Crippen LogP contribution in [-0.4, -0.2) is 0 Å². The lowest BCUT2D eigenvalue weighted by atomic mass is 9.80. The average Bonchev–Trinajstić information content (AvgIpc) is 2.82. The van der Waals surface area contributed by atoms with Crippen LogP contribution in [0.1, 0.15) is 16.7 Å².